The van der Waals surface area contributed by atoms with Gasteiger partial charge in [0.2, 0.25) is 0 Å². The molecule has 1 fully saturated rings. The second kappa shape index (κ2) is 6.02. The monoisotopic (exact) mass is 287 g/mol. The van der Waals surface area contributed by atoms with E-state index < -0.39 is 10.0 Å². The lowest BCUT2D eigenvalue weighted by molar-refractivity contribution is 0.278. The molecule has 0 spiro atoms. The zero-order valence-electron chi connectivity index (χ0n) is 11.1. The predicted molar refractivity (Wildman–Crippen MR) is 70.9 cm³/mol. The van der Waals surface area contributed by atoms with Gasteiger partial charge in [-0.1, -0.05) is 13.3 Å². The summed E-state index contributed by atoms with van der Waals surface area (Å²) in [7, 11) is -3.61. The second-order valence-corrected chi connectivity index (χ2v) is 6.78. The maximum atomic E-state index is 12.2. The van der Waals surface area contributed by atoms with Crippen molar-refractivity contribution in [3.05, 3.63) is 11.8 Å². The number of hydrogen-bond donors (Lipinski definition) is 3. The molecule has 1 aliphatic rings. The predicted octanol–water partition coefficient (Wildman–Crippen LogP) is 1.15. The Hall–Kier alpha value is -0.920. The van der Waals surface area contributed by atoms with Crippen LogP contribution in [-0.4, -0.2) is 29.8 Å². The lowest BCUT2D eigenvalue weighted by Gasteiger charge is -2.28. The van der Waals surface area contributed by atoms with Gasteiger partial charge in [0, 0.05) is 11.6 Å². The average molecular weight is 287 g/mol. The minimum atomic E-state index is -3.61. The third-order valence-corrected chi connectivity index (χ3v) is 5.40. The van der Waals surface area contributed by atoms with Crippen molar-refractivity contribution in [3.8, 4) is 0 Å². The smallest absolute Gasteiger partial charge is 0.258 e. The highest BCUT2D eigenvalue weighted by Gasteiger charge is 2.27. The van der Waals surface area contributed by atoms with Gasteiger partial charge in [0.25, 0.3) is 10.0 Å². The number of aromatic nitrogens is 2. The van der Waals surface area contributed by atoms with Crippen molar-refractivity contribution < 1.29 is 13.5 Å². The van der Waals surface area contributed by atoms with Crippen LogP contribution in [0.3, 0.4) is 0 Å². The van der Waals surface area contributed by atoms with E-state index in [0.29, 0.717) is 5.56 Å². The van der Waals surface area contributed by atoms with Gasteiger partial charge < -0.3 is 5.11 Å². The second-order valence-electron chi connectivity index (χ2n) is 5.13. The molecular formula is C12H21N3O3S. The van der Waals surface area contributed by atoms with Crippen LogP contribution in [0.1, 0.15) is 44.6 Å². The highest BCUT2D eigenvalue weighted by atomic mass is 32.2. The van der Waals surface area contributed by atoms with Gasteiger partial charge in [0.1, 0.15) is 0 Å². The Kier molecular flexibility index (Phi) is 4.59. The van der Waals surface area contributed by atoms with E-state index in [0.717, 1.165) is 38.0 Å². The lowest BCUT2D eigenvalue weighted by atomic mass is 9.85. The summed E-state index contributed by atoms with van der Waals surface area (Å²) in [5, 5.41) is 15.2. The number of aliphatic hydroxyl groups excluding tert-OH is 1. The van der Waals surface area contributed by atoms with Gasteiger partial charge >= 0.3 is 0 Å². The fraction of sp³-hybridized carbons (Fsp3) is 0.750. The fourth-order valence-electron chi connectivity index (χ4n) is 2.61. The van der Waals surface area contributed by atoms with Crippen molar-refractivity contribution in [2.45, 2.75) is 56.7 Å². The van der Waals surface area contributed by atoms with E-state index >= 15 is 0 Å². The number of rotatable bonds is 5. The van der Waals surface area contributed by atoms with E-state index in [1.165, 1.54) is 6.20 Å². The third-order valence-electron chi connectivity index (χ3n) is 3.86. The highest BCUT2D eigenvalue weighted by molar-refractivity contribution is 7.89. The number of aromatic amines is 1. The van der Waals surface area contributed by atoms with Crippen LogP contribution in [0.15, 0.2) is 11.2 Å². The summed E-state index contributed by atoms with van der Waals surface area (Å²) in [6.45, 7) is 1.84. The Morgan fingerprint density at radius 2 is 2.11 bits per heavy atom. The first-order valence-corrected chi connectivity index (χ1v) is 8.20. The number of sulfonamides is 1. The van der Waals surface area contributed by atoms with Gasteiger partial charge in [0.05, 0.1) is 12.8 Å². The molecule has 1 aliphatic carbocycles. The van der Waals surface area contributed by atoms with Crippen LogP contribution >= 0.6 is 0 Å². The molecule has 1 saturated carbocycles. The number of H-pyrrole nitrogens is 1. The molecule has 0 unspecified atom stereocenters. The molecule has 0 aliphatic heterocycles. The molecule has 0 atom stereocenters. The lowest BCUT2D eigenvalue weighted by Crippen LogP contribution is -2.38. The molecule has 6 nitrogen and oxygen atoms in total. The van der Waals surface area contributed by atoms with Gasteiger partial charge in [-0.15, -0.1) is 0 Å². The topological polar surface area (TPSA) is 95.1 Å². The molecule has 19 heavy (non-hydrogen) atoms. The van der Waals surface area contributed by atoms with E-state index in [1.54, 1.807) is 0 Å². The summed E-state index contributed by atoms with van der Waals surface area (Å²) in [5.74, 6) is 0.723. The van der Waals surface area contributed by atoms with E-state index in [1.807, 2.05) is 0 Å². The Labute approximate surface area is 113 Å². The fourth-order valence-corrected chi connectivity index (χ4v) is 4.04. The molecule has 2 rings (SSSR count). The minimum Gasteiger partial charge on any atom is -0.392 e. The molecule has 1 aromatic heterocycles. The van der Waals surface area contributed by atoms with Crippen LogP contribution in [0, 0.1) is 5.92 Å². The van der Waals surface area contributed by atoms with Crippen molar-refractivity contribution >= 4 is 10.0 Å². The van der Waals surface area contributed by atoms with Crippen LogP contribution in [0.2, 0.25) is 0 Å². The van der Waals surface area contributed by atoms with Crippen molar-refractivity contribution in [2.75, 3.05) is 0 Å². The molecule has 1 heterocycles. The quantitative estimate of drug-likeness (QED) is 0.757. The summed E-state index contributed by atoms with van der Waals surface area (Å²) in [6, 6.07) is -0.0114. The largest absolute Gasteiger partial charge is 0.392 e. The minimum absolute atomic E-state index is 0.0114. The third kappa shape index (κ3) is 3.34. The Bertz CT molecular complexity index is 504. The first-order chi connectivity index (χ1) is 9.06. The van der Waals surface area contributed by atoms with Gasteiger partial charge in [-0.3, -0.25) is 5.10 Å². The Morgan fingerprint density at radius 1 is 1.42 bits per heavy atom. The van der Waals surface area contributed by atoms with Crippen LogP contribution < -0.4 is 4.72 Å². The van der Waals surface area contributed by atoms with E-state index in [-0.39, 0.29) is 17.7 Å². The average Bonchev–Trinajstić information content (AvgIpc) is 2.88. The summed E-state index contributed by atoms with van der Waals surface area (Å²) in [6.07, 6.45) is 6.39. The van der Waals surface area contributed by atoms with Gasteiger partial charge in [-0.2, -0.15) is 5.10 Å². The summed E-state index contributed by atoms with van der Waals surface area (Å²) >= 11 is 0. The summed E-state index contributed by atoms with van der Waals surface area (Å²) in [5.41, 5.74) is 0.301. The van der Waals surface area contributed by atoms with Crippen LogP contribution in [0.5, 0.6) is 0 Å². The van der Waals surface area contributed by atoms with Crippen LogP contribution in [0.25, 0.3) is 0 Å². The maximum Gasteiger partial charge on any atom is 0.258 e. The Balaban J connectivity index is 2.02. The summed E-state index contributed by atoms with van der Waals surface area (Å²) in [4.78, 5) is 0. The number of nitrogens with zero attached hydrogens (tertiary/aromatic N) is 1. The van der Waals surface area contributed by atoms with Gasteiger partial charge in [0.15, 0.2) is 5.03 Å². The molecule has 0 radical (unpaired) electrons. The summed E-state index contributed by atoms with van der Waals surface area (Å²) < 4.78 is 27.1. The van der Waals surface area contributed by atoms with Gasteiger partial charge in [-0.05, 0) is 31.6 Å². The Morgan fingerprint density at radius 3 is 2.68 bits per heavy atom. The molecule has 0 bridgehead atoms. The molecular weight excluding hydrogens is 266 g/mol. The normalized spacial score (nSPS) is 24.5. The molecule has 1 aromatic rings. The number of nitrogens with one attached hydrogen (secondary N) is 2. The van der Waals surface area contributed by atoms with Crippen molar-refractivity contribution in [1.82, 2.24) is 14.9 Å². The number of hydrogen-bond acceptors (Lipinski definition) is 4. The first-order valence-electron chi connectivity index (χ1n) is 6.72. The van der Waals surface area contributed by atoms with Crippen molar-refractivity contribution in [1.29, 1.82) is 0 Å². The zero-order chi connectivity index (χ0) is 13.9. The van der Waals surface area contributed by atoms with Crippen molar-refractivity contribution in [2.24, 2.45) is 5.92 Å². The van der Waals surface area contributed by atoms with E-state index in [9.17, 15) is 8.42 Å². The SMILES string of the molecule is CCC1CCC(NS(=O)(=O)c2[nH]ncc2CO)CC1. The van der Waals surface area contributed by atoms with E-state index in [4.69, 9.17) is 5.11 Å². The first kappa shape index (κ1) is 14.5. The van der Waals surface area contributed by atoms with E-state index in [2.05, 4.69) is 21.8 Å². The molecule has 3 N–H and O–H groups in total. The van der Waals surface area contributed by atoms with Crippen LogP contribution in [0.4, 0.5) is 0 Å². The highest BCUT2D eigenvalue weighted by Crippen LogP contribution is 2.27. The maximum absolute atomic E-state index is 12.2. The number of aliphatic hydroxyl groups is 1. The van der Waals surface area contributed by atoms with Crippen molar-refractivity contribution in [3.63, 3.8) is 0 Å². The molecule has 0 aromatic carbocycles. The van der Waals surface area contributed by atoms with Crippen LogP contribution in [-0.2, 0) is 16.6 Å². The zero-order valence-corrected chi connectivity index (χ0v) is 11.9. The molecule has 108 valence electrons. The molecule has 0 saturated heterocycles. The molecule has 0 amide bonds. The van der Waals surface area contributed by atoms with Gasteiger partial charge in [-0.25, -0.2) is 13.1 Å². The standard InChI is InChI=1S/C12H21N3O3S/c1-2-9-3-5-11(6-4-9)15-19(17,18)12-10(8-16)7-13-14-12/h7,9,11,15-16H,2-6,8H2,1H3,(H,13,14). The molecule has 7 heteroatoms.